The summed E-state index contributed by atoms with van der Waals surface area (Å²) in [7, 11) is 1.55. The van der Waals surface area contributed by atoms with Crippen molar-refractivity contribution >= 4 is 28.5 Å². The summed E-state index contributed by atoms with van der Waals surface area (Å²) in [5.41, 5.74) is 0.967. The largest absolute Gasteiger partial charge is 0.423 e. The number of benzene rings is 1. The highest BCUT2D eigenvalue weighted by atomic mass is 16.5. The Balaban J connectivity index is 1.58. The Kier molecular flexibility index (Phi) is 3.32. The monoisotopic (exact) mass is 355 g/mol. The second kappa shape index (κ2) is 5.49. The molecule has 0 aliphatic carbocycles. The van der Waals surface area contributed by atoms with Gasteiger partial charge in [-0.2, -0.15) is 0 Å². The first-order valence-corrected chi connectivity index (χ1v) is 8.67. The summed E-state index contributed by atoms with van der Waals surface area (Å²) in [6.45, 7) is 0.272. The first-order chi connectivity index (χ1) is 12.6. The lowest BCUT2D eigenvalue weighted by atomic mass is 9.81. The van der Waals surface area contributed by atoms with Crippen LogP contribution in [0.25, 0.3) is 11.0 Å². The van der Waals surface area contributed by atoms with Crippen molar-refractivity contribution in [1.82, 2.24) is 0 Å². The van der Waals surface area contributed by atoms with Gasteiger partial charge in [-0.3, -0.25) is 9.59 Å². The van der Waals surface area contributed by atoms with Crippen LogP contribution in [-0.2, 0) is 25.7 Å². The number of carbonyl (C=O) groups is 2. The third-order valence-electron chi connectivity index (χ3n) is 5.66. The zero-order valence-corrected chi connectivity index (χ0v) is 14.1. The molecule has 7 nitrogen and oxygen atoms in total. The van der Waals surface area contributed by atoms with E-state index in [-0.39, 0.29) is 42.5 Å². The van der Waals surface area contributed by atoms with Crippen LogP contribution < -0.4 is 10.5 Å². The Morgan fingerprint density at radius 1 is 1.08 bits per heavy atom. The Hall–Kier alpha value is -2.51. The van der Waals surface area contributed by atoms with Crippen LogP contribution in [0.2, 0.25) is 0 Å². The summed E-state index contributed by atoms with van der Waals surface area (Å²) in [6, 6.07) is 6.43. The van der Waals surface area contributed by atoms with Gasteiger partial charge in [0.25, 0.3) is 0 Å². The van der Waals surface area contributed by atoms with Gasteiger partial charge in [0.15, 0.2) is 0 Å². The Labute approximate surface area is 148 Å². The molecule has 4 atom stereocenters. The van der Waals surface area contributed by atoms with Gasteiger partial charge in [-0.25, -0.2) is 9.69 Å². The van der Waals surface area contributed by atoms with Crippen LogP contribution in [0.15, 0.2) is 33.5 Å². The number of amides is 2. The minimum Gasteiger partial charge on any atom is -0.423 e. The molecule has 2 aromatic rings. The number of rotatable bonds is 3. The molecule has 26 heavy (non-hydrogen) atoms. The molecule has 3 aliphatic rings. The summed E-state index contributed by atoms with van der Waals surface area (Å²) >= 11 is 0. The van der Waals surface area contributed by atoms with Crippen molar-refractivity contribution in [1.29, 1.82) is 0 Å². The number of methoxy groups -OCH3 is 1. The third-order valence-corrected chi connectivity index (χ3v) is 5.66. The quantitative estimate of drug-likeness (QED) is 0.614. The fraction of sp³-hybridized carbons (Fsp3) is 0.421. The summed E-state index contributed by atoms with van der Waals surface area (Å²) in [4.78, 5) is 38.8. The van der Waals surface area contributed by atoms with Crippen molar-refractivity contribution in [3.63, 3.8) is 0 Å². The predicted octanol–water partition coefficient (Wildman–Crippen LogP) is 1.61. The standard InChI is InChI=1S/C19H17NO6/c1-24-8-9-6-15(21)26-14-7-10(2-3-11(9)14)20-18(22)16-12-4-5-13(25-12)17(16)19(20)23/h2-3,6-7,12-13,16-17H,4-5,8H2,1H3/t12-,13+,16-,17+. The van der Waals surface area contributed by atoms with Gasteiger partial charge in [0.1, 0.15) is 5.58 Å². The van der Waals surface area contributed by atoms with E-state index in [0.29, 0.717) is 16.8 Å². The molecule has 3 saturated heterocycles. The van der Waals surface area contributed by atoms with E-state index in [1.165, 1.54) is 11.0 Å². The van der Waals surface area contributed by atoms with Crippen LogP contribution in [0.1, 0.15) is 18.4 Å². The van der Waals surface area contributed by atoms with Gasteiger partial charge in [-0.15, -0.1) is 0 Å². The van der Waals surface area contributed by atoms with E-state index < -0.39 is 5.63 Å². The molecule has 7 heteroatoms. The molecule has 1 aromatic carbocycles. The fourth-order valence-corrected chi connectivity index (χ4v) is 4.60. The van der Waals surface area contributed by atoms with Gasteiger partial charge in [0.2, 0.25) is 11.8 Å². The van der Waals surface area contributed by atoms with Gasteiger partial charge in [0, 0.05) is 24.6 Å². The fourth-order valence-electron chi connectivity index (χ4n) is 4.60. The topological polar surface area (TPSA) is 86.0 Å². The minimum atomic E-state index is -0.496. The molecule has 0 saturated carbocycles. The molecule has 3 fully saturated rings. The third kappa shape index (κ3) is 2.04. The first kappa shape index (κ1) is 15.7. The van der Waals surface area contributed by atoms with E-state index in [1.54, 1.807) is 25.3 Å². The van der Waals surface area contributed by atoms with Crippen LogP contribution in [0.4, 0.5) is 5.69 Å². The van der Waals surface area contributed by atoms with Gasteiger partial charge >= 0.3 is 5.63 Å². The molecule has 2 bridgehead atoms. The number of fused-ring (bicyclic) bond motifs is 6. The number of imide groups is 1. The second-order valence-corrected chi connectivity index (χ2v) is 7.06. The molecule has 1 aromatic heterocycles. The molecule has 3 aliphatic heterocycles. The zero-order valence-electron chi connectivity index (χ0n) is 14.1. The predicted molar refractivity (Wildman–Crippen MR) is 90.6 cm³/mol. The Bertz CT molecular complexity index is 967. The van der Waals surface area contributed by atoms with Crippen LogP contribution in [0.5, 0.6) is 0 Å². The van der Waals surface area contributed by atoms with E-state index >= 15 is 0 Å². The highest BCUT2D eigenvalue weighted by Crippen LogP contribution is 2.49. The number of ether oxygens (including phenoxy) is 2. The van der Waals surface area contributed by atoms with E-state index in [1.807, 2.05) is 0 Å². The highest BCUT2D eigenvalue weighted by molar-refractivity contribution is 6.23. The van der Waals surface area contributed by atoms with Gasteiger partial charge in [-0.1, -0.05) is 0 Å². The lowest BCUT2D eigenvalue weighted by Gasteiger charge is -2.18. The summed E-state index contributed by atoms with van der Waals surface area (Å²) < 4.78 is 16.2. The van der Waals surface area contributed by atoms with Crippen molar-refractivity contribution in [2.24, 2.45) is 11.8 Å². The number of anilines is 1. The van der Waals surface area contributed by atoms with E-state index in [4.69, 9.17) is 13.9 Å². The molecule has 0 spiro atoms. The number of hydrogen-bond donors (Lipinski definition) is 0. The molecular formula is C19H17NO6. The first-order valence-electron chi connectivity index (χ1n) is 8.67. The Morgan fingerprint density at radius 2 is 1.77 bits per heavy atom. The molecule has 0 unspecified atom stereocenters. The Morgan fingerprint density at radius 3 is 2.42 bits per heavy atom. The van der Waals surface area contributed by atoms with E-state index in [9.17, 15) is 14.4 Å². The molecule has 5 rings (SSSR count). The summed E-state index contributed by atoms with van der Waals surface area (Å²) in [6.07, 6.45) is 1.34. The van der Waals surface area contributed by atoms with Crippen LogP contribution in [0.3, 0.4) is 0 Å². The van der Waals surface area contributed by atoms with E-state index in [2.05, 4.69) is 0 Å². The SMILES string of the molecule is COCc1cc(=O)oc2cc(N3C(=O)[C@@H]4[C@H](C3=O)[C@H]3CC[C@@H]4O3)ccc12. The smallest absolute Gasteiger partial charge is 0.336 e. The lowest BCUT2D eigenvalue weighted by molar-refractivity contribution is -0.124. The molecule has 4 heterocycles. The van der Waals surface area contributed by atoms with Crippen LogP contribution in [-0.4, -0.2) is 31.1 Å². The number of hydrogen-bond acceptors (Lipinski definition) is 6. The average molecular weight is 355 g/mol. The maximum Gasteiger partial charge on any atom is 0.336 e. The highest BCUT2D eigenvalue weighted by Gasteiger charge is 2.62. The van der Waals surface area contributed by atoms with Crippen molar-refractivity contribution in [3.05, 3.63) is 40.2 Å². The normalized spacial score (nSPS) is 29.8. The van der Waals surface area contributed by atoms with E-state index in [0.717, 1.165) is 18.2 Å². The van der Waals surface area contributed by atoms with Crippen molar-refractivity contribution in [3.8, 4) is 0 Å². The van der Waals surface area contributed by atoms with Crippen LogP contribution >= 0.6 is 0 Å². The van der Waals surface area contributed by atoms with Gasteiger partial charge in [0.05, 0.1) is 36.3 Å². The molecular weight excluding hydrogens is 338 g/mol. The lowest BCUT2D eigenvalue weighted by Crippen LogP contribution is -2.34. The van der Waals surface area contributed by atoms with Gasteiger partial charge < -0.3 is 13.9 Å². The van der Waals surface area contributed by atoms with Crippen molar-refractivity contribution < 1.29 is 23.5 Å². The second-order valence-electron chi connectivity index (χ2n) is 7.06. The zero-order chi connectivity index (χ0) is 18.0. The van der Waals surface area contributed by atoms with Crippen molar-refractivity contribution in [2.45, 2.75) is 31.7 Å². The molecule has 0 radical (unpaired) electrons. The molecule has 134 valence electrons. The van der Waals surface area contributed by atoms with Gasteiger partial charge in [-0.05, 0) is 30.5 Å². The molecule has 2 amide bonds. The number of nitrogens with zero attached hydrogens (tertiary/aromatic N) is 1. The maximum atomic E-state index is 12.9. The van der Waals surface area contributed by atoms with Crippen LogP contribution in [0, 0.1) is 11.8 Å². The maximum absolute atomic E-state index is 12.9. The minimum absolute atomic E-state index is 0.154. The average Bonchev–Trinajstić information content (AvgIpc) is 3.28. The summed E-state index contributed by atoms with van der Waals surface area (Å²) in [5.74, 6) is -1.21. The number of carbonyl (C=O) groups excluding carboxylic acids is 2. The van der Waals surface area contributed by atoms with Crippen molar-refractivity contribution in [2.75, 3.05) is 12.0 Å². The molecule has 0 N–H and O–H groups in total. The summed E-state index contributed by atoms with van der Waals surface area (Å²) in [5, 5.41) is 0.720.